The fourth-order valence-corrected chi connectivity index (χ4v) is 3.99. The number of hydrogen-bond acceptors (Lipinski definition) is 7. The first-order chi connectivity index (χ1) is 14.2. The first-order valence-electron chi connectivity index (χ1n) is 9.89. The molecule has 1 aliphatic rings. The molecule has 0 aliphatic carbocycles. The normalized spacial score (nSPS) is 14.8. The third-order valence-electron chi connectivity index (χ3n) is 4.99. The van der Waals surface area contributed by atoms with Crippen molar-refractivity contribution in [3.05, 3.63) is 48.2 Å². The molecule has 0 spiro atoms. The molecule has 1 N–H and O–H groups in total. The van der Waals surface area contributed by atoms with E-state index in [2.05, 4.69) is 26.2 Å². The molecule has 1 aliphatic heterocycles. The summed E-state index contributed by atoms with van der Waals surface area (Å²) in [5, 5.41) is 3.07. The Kier molecular flexibility index (Phi) is 6.94. The van der Waals surface area contributed by atoms with E-state index in [1.54, 1.807) is 12.1 Å². The summed E-state index contributed by atoms with van der Waals surface area (Å²) in [4.78, 5) is 23.5. The molecule has 1 saturated heterocycles. The molecular formula is C21H29N5O3S. The lowest BCUT2D eigenvalue weighted by atomic mass is 10.2. The number of nitrogens with one attached hydrogen (secondary N) is 1. The highest BCUT2D eigenvalue weighted by Gasteiger charge is 2.21. The van der Waals surface area contributed by atoms with Gasteiger partial charge in [-0.05, 0) is 50.0 Å². The Morgan fingerprint density at radius 1 is 1.07 bits per heavy atom. The second-order valence-electron chi connectivity index (χ2n) is 7.78. The highest BCUT2D eigenvalue weighted by molar-refractivity contribution is 7.90. The number of anilines is 2. The molecule has 8 nitrogen and oxygen atoms in total. The van der Waals surface area contributed by atoms with Crippen LogP contribution in [0.1, 0.15) is 5.56 Å². The van der Waals surface area contributed by atoms with Crippen molar-refractivity contribution in [2.75, 3.05) is 63.3 Å². The number of carbonyl (C=O) groups is 1. The average molecular weight is 432 g/mol. The summed E-state index contributed by atoms with van der Waals surface area (Å²) in [5.74, 6) is 0.963. The zero-order valence-corrected chi connectivity index (χ0v) is 18.5. The van der Waals surface area contributed by atoms with E-state index in [0.717, 1.165) is 31.1 Å². The van der Waals surface area contributed by atoms with Crippen LogP contribution in [0.15, 0.2) is 47.5 Å². The van der Waals surface area contributed by atoms with Crippen molar-refractivity contribution in [2.45, 2.75) is 11.4 Å². The number of nitrogens with zero attached hydrogens (tertiary/aromatic N) is 4. The van der Waals surface area contributed by atoms with E-state index in [-0.39, 0.29) is 17.3 Å². The van der Waals surface area contributed by atoms with Crippen molar-refractivity contribution in [3.8, 4) is 0 Å². The molecule has 2 aromatic rings. The van der Waals surface area contributed by atoms with Crippen molar-refractivity contribution < 1.29 is 13.2 Å². The van der Waals surface area contributed by atoms with Gasteiger partial charge in [-0.15, -0.1) is 0 Å². The molecule has 2 heterocycles. The number of hydrogen-bond donors (Lipinski definition) is 1. The zero-order valence-electron chi connectivity index (χ0n) is 17.7. The number of sulfone groups is 1. The van der Waals surface area contributed by atoms with Gasteiger partial charge < -0.3 is 20.0 Å². The summed E-state index contributed by atoms with van der Waals surface area (Å²) in [6.45, 7) is 3.82. The smallest absolute Gasteiger partial charge is 0.241 e. The Labute approximate surface area is 178 Å². The first-order valence-corrected chi connectivity index (χ1v) is 11.8. The van der Waals surface area contributed by atoms with Gasteiger partial charge in [-0.3, -0.25) is 4.79 Å². The average Bonchev–Trinajstić information content (AvgIpc) is 2.72. The SMILES string of the molecule is CN(C)Cc1ccc(N2CCN(C(=O)CNc3ccc(S(C)(=O)=O)cc3)CC2)nc1. The van der Waals surface area contributed by atoms with Crippen LogP contribution in [-0.2, 0) is 21.2 Å². The third-order valence-corrected chi connectivity index (χ3v) is 6.12. The predicted molar refractivity (Wildman–Crippen MR) is 118 cm³/mol. The molecule has 0 saturated carbocycles. The summed E-state index contributed by atoms with van der Waals surface area (Å²) in [6, 6.07) is 10.6. The standard InChI is InChI=1S/C21H29N5O3S/c1-24(2)16-17-4-9-20(23-14-17)25-10-12-26(13-11-25)21(27)15-22-18-5-7-19(8-6-18)30(3,28)29/h4-9,14,22H,10-13,15-16H2,1-3H3. The number of aromatic nitrogens is 1. The van der Waals surface area contributed by atoms with Gasteiger partial charge in [0, 0.05) is 50.9 Å². The van der Waals surface area contributed by atoms with Crippen LogP contribution in [0.4, 0.5) is 11.5 Å². The second kappa shape index (κ2) is 9.44. The van der Waals surface area contributed by atoms with Crippen molar-refractivity contribution in [3.63, 3.8) is 0 Å². The number of benzene rings is 1. The van der Waals surface area contributed by atoms with Gasteiger partial charge in [0.25, 0.3) is 0 Å². The highest BCUT2D eigenvalue weighted by atomic mass is 32.2. The van der Waals surface area contributed by atoms with Crippen molar-refractivity contribution in [2.24, 2.45) is 0 Å². The topological polar surface area (TPSA) is 85.9 Å². The molecule has 1 aromatic heterocycles. The molecule has 162 valence electrons. The van der Waals surface area contributed by atoms with Crippen molar-refractivity contribution >= 4 is 27.2 Å². The lowest BCUT2D eigenvalue weighted by Gasteiger charge is -2.35. The Morgan fingerprint density at radius 2 is 1.73 bits per heavy atom. The van der Waals surface area contributed by atoms with E-state index < -0.39 is 9.84 Å². The number of piperazine rings is 1. The molecule has 1 fully saturated rings. The van der Waals surface area contributed by atoms with Crippen LogP contribution >= 0.6 is 0 Å². The second-order valence-corrected chi connectivity index (χ2v) is 9.80. The number of rotatable bonds is 7. The molecule has 1 amide bonds. The monoisotopic (exact) mass is 431 g/mol. The largest absolute Gasteiger partial charge is 0.376 e. The Balaban J connectivity index is 1.47. The van der Waals surface area contributed by atoms with E-state index in [1.807, 2.05) is 31.3 Å². The summed E-state index contributed by atoms with van der Waals surface area (Å²) in [5.41, 5.74) is 1.89. The minimum atomic E-state index is -3.22. The van der Waals surface area contributed by atoms with Gasteiger partial charge in [0.05, 0.1) is 11.4 Å². The minimum absolute atomic E-state index is 0.0242. The Morgan fingerprint density at radius 3 is 2.27 bits per heavy atom. The maximum atomic E-state index is 12.5. The Bertz CT molecular complexity index is 951. The molecule has 0 radical (unpaired) electrons. The molecule has 1 aromatic carbocycles. The van der Waals surface area contributed by atoms with Gasteiger partial charge in [-0.25, -0.2) is 13.4 Å². The predicted octanol–water partition coefficient (Wildman–Crippen LogP) is 1.31. The summed E-state index contributed by atoms with van der Waals surface area (Å²) >= 11 is 0. The lowest BCUT2D eigenvalue weighted by molar-refractivity contribution is -0.129. The van der Waals surface area contributed by atoms with Crippen LogP contribution in [0, 0.1) is 0 Å². The van der Waals surface area contributed by atoms with Crippen molar-refractivity contribution in [1.29, 1.82) is 0 Å². The van der Waals surface area contributed by atoms with E-state index in [1.165, 1.54) is 24.0 Å². The zero-order chi connectivity index (χ0) is 21.7. The quantitative estimate of drug-likeness (QED) is 0.707. The summed E-state index contributed by atoms with van der Waals surface area (Å²) < 4.78 is 23.0. The van der Waals surface area contributed by atoms with Gasteiger partial charge in [0.2, 0.25) is 5.91 Å². The van der Waals surface area contributed by atoms with E-state index in [0.29, 0.717) is 13.1 Å². The molecule has 0 unspecified atom stereocenters. The summed E-state index contributed by atoms with van der Waals surface area (Å²) in [7, 11) is 0.844. The maximum Gasteiger partial charge on any atom is 0.241 e. The van der Waals surface area contributed by atoms with Crippen LogP contribution in [0.3, 0.4) is 0 Å². The first kappa shape index (κ1) is 22.0. The van der Waals surface area contributed by atoms with Crippen LogP contribution in [0.2, 0.25) is 0 Å². The summed E-state index contributed by atoms with van der Waals surface area (Å²) in [6.07, 6.45) is 3.08. The minimum Gasteiger partial charge on any atom is -0.376 e. The van der Waals surface area contributed by atoms with Crippen molar-refractivity contribution in [1.82, 2.24) is 14.8 Å². The highest BCUT2D eigenvalue weighted by Crippen LogP contribution is 2.16. The maximum absolute atomic E-state index is 12.5. The molecule has 30 heavy (non-hydrogen) atoms. The fourth-order valence-electron chi connectivity index (χ4n) is 3.36. The molecular weight excluding hydrogens is 402 g/mol. The van der Waals surface area contributed by atoms with Crippen LogP contribution in [-0.4, -0.2) is 82.2 Å². The van der Waals surface area contributed by atoms with E-state index in [9.17, 15) is 13.2 Å². The van der Waals surface area contributed by atoms with Gasteiger partial charge in [-0.1, -0.05) is 6.07 Å². The molecule has 9 heteroatoms. The van der Waals surface area contributed by atoms with Crippen LogP contribution in [0.5, 0.6) is 0 Å². The Hall–Kier alpha value is -2.65. The van der Waals surface area contributed by atoms with Crippen LogP contribution < -0.4 is 10.2 Å². The molecule has 0 atom stereocenters. The van der Waals surface area contributed by atoms with Gasteiger partial charge >= 0.3 is 0 Å². The third kappa shape index (κ3) is 5.93. The number of carbonyl (C=O) groups excluding carboxylic acids is 1. The fraction of sp³-hybridized carbons (Fsp3) is 0.429. The molecule has 0 bridgehead atoms. The lowest BCUT2D eigenvalue weighted by Crippen LogP contribution is -2.50. The number of pyridine rings is 1. The van der Waals surface area contributed by atoms with Crippen LogP contribution in [0.25, 0.3) is 0 Å². The van der Waals surface area contributed by atoms with Gasteiger partial charge in [-0.2, -0.15) is 0 Å². The molecule has 3 rings (SSSR count). The van der Waals surface area contributed by atoms with E-state index >= 15 is 0 Å². The number of amides is 1. The van der Waals surface area contributed by atoms with Gasteiger partial charge in [0.15, 0.2) is 9.84 Å². The van der Waals surface area contributed by atoms with E-state index in [4.69, 9.17) is 0 Å². The van der Waals surface area contributed by atoms with Gasteiger partial charge in [0.1, 0.15) is 5.82 Å².